The molecule has 1 atom stereocenters. The molecule has 3 N–H and O–H groups in total. The van der Waals surface area contributed by atoms with Gasteiger partial charge in [0.2, 0.25) is 0 Å². The van der Waals surface area contributed by atoms with Crippen molar-refractivity contribution < 1.29 is 0 Å². The molecule has 0 heterocycles. The minimum Gasteiger partial charge on any atom is -0.323 e. The molecule has 0 aliphatic heterocycles. The third-order valence-electron chi connectivity index (χ3n) is 2.40. The van der Waals surface area contributed by atoms with Gasteiger partial charge in [-0.2, -0.15) is 5.10 Å². The number of nitrogens with two attached hydrogens (primary N) is 1. The number of hydrogen-bond donors (Lipinski definition) is 2. The lowest BCUT2D eigenvalue weighted by Crippen LogP contribution is -2.30. The molecule has 0 rings (SSSR count). The van der Waals surface area contributed by atoms with E-state index < -0.39 is 0 Å². The van der Waals surface area contributed by atoms with Crippen LogP contribution in [0.2, 0.25) is 0 Å². The van der Waals surface area contributed by atoms with Crippen molar-refractivity contribution in [3.05, 3.63) is 0 Å². The van der Waals surface area contributed by atoms with E-state index in [9.17, 15) is 0 Å². The van der Waals surface area contributed by atoms with Crippen molar-refractivity contribution in [1.82, 2.24) is 4.90 Å². The summed E-state index contributed by atoms with van der Waals surface area (Å²) in [6.07, 6.45) is 3.10. The highest BCUT2D eigenvalue weighted by Gasteiger charge is 2.06. The van der Waals surface area contributed by atoms with E-state index in [2.05, 4.69) is 30.9 Å². The summed E-state index contributed by atoms with van der Waals surface area (Å²) in [6, 6.07) is 0.574. The minimum absolute atomic E-state index is 0.574. The molecule has 0 unspecified atom stereocenters. The maximum absolute atomic E-state index is 7.00. The first kappa shape index (κ1) is 12.1. The third kappa shape index (κ3) is 4.62. The fourth-order valence-corrected chi connectivity index (χ4v) is 0.997. The number of nitrogens with zero attached hydrogens (tertiary/aromatic N) is 2. The molecule has 13 heavy (non-hydrogen) atoms. The second-order valence-electron chi connectivity index (χ2n) is 3.25. The lowest BCUT2D eigenvalue weighted by atomic mass is 10.2. The van der Waals surface area contributed by atoms with E-state index in [1.165, 1.54) is 6.21 Å². The highest BCUT2D eigenvalue weighted by molar-refractivity contribution is 6.29. The van der Waals surface area contributed by atoms with E-state index >= 15 is 0 Å². The van der Waals surface area contributed by atoms with Gasteiger partial charge >= 0.3 is 0 Å². The van der Waals surface area contributed by atoms with Gasteiger partial charge in [-0.05, 0) is 20.4 Å². The Morgan fingerprint density at radius 2 is 2.31 bits per heavy atom. The highest BCUT2D eigenvalue weighted by atomic mass is 15.1. The molecule has 0 fully saturated rings. The first-order valence-electron chi connectivity index (χ1n) is 4.63. The van der Waals surface area contributed by atoms with Crippen LogP contribution in [0.1, 0.15) is 26.7 Å². The lowest BCUT2D eigenvalue weighted by molar-refractivity contribution is 0.259. The molecule has 0 aromatic rings. The summed E-state index contributed by atoms with van der Waals surface area (Å²) in [5, 5.41) is 10.5. The molecule has 0 radical (unpaired) electrons. The second kappa shape index (κ2) is 6.60. The fourth-order valence-electron chi connectivity index (χ4n) is 0.997. The zero-order chi connectivity index (χ0) is 10.3. The van der Waals surface area contributed by atoms with Gasteiger partial charge in [0, 0.05) is 25.2 Å². The zero-order valence-electron chi connectivity index (χ0n) is 8.75. The predicted octanol–water partition coefficient (Wildman–Crippen LogP) is 1.07. The molecule has 0 aliphatic rings. The Hall–Kier alpha value is -0.900. The van der Waals surface area contributed by atoms with Gasteiger partial charge in [0.05, 0.1) is 5.71 Å². The van der Waals surface area contributed by atoms with Gasteiger partial charge < -0.3 is 16.2 Å². The Balaban J connectivity index is 3.81. The van der Waals surface area contributed by atoms with Crippen LogP contribution in [-0.4, -0.2) is 36.5 Å². The van der Waals surface area contributed by atoms with Gasteiger partial charge in [0.1, 0.15) is 0 Å². The molecule has 0 aliphatic carbocycles. The number of hydrogen-bond acceptors (Lipinski definition) is 4. The topological polar surface area (TPSA) is 65.5 Å². The molecular formula is C9H20N4. The second-order valence-corrected chi connectivity index (χ2v) is 3.25. The zero-order valence-corrected chi connectivity index (χ0v) is 8.75. The molecule has 0 aromatic heterocycles. The van der Waals surface area contributed by atoms with Crippen LogP contribution in [-0.2, 0) is 0 Å². The highest BCUT2D eigenvalue weighted by Crippen LogP contribution is 2.00. The third-order valence-corrected chi connectivity index (χ3v) is 2.40. The van der Waals surface area contributed by atoms with Gasteiger partial charge in [-0.15, -0.1) is 0 Å². The monoisotopic (exact) mass is 184 g/mol. The summed E-state index contributed by atoms with van der Waals surface area (Å²) in [6.45, 7) is 5.25. The first-order chi connectivity index (χ1) is 6.15. The normalized spacial score (nSPS) is 14.6. The number of nitrogens with one attached hydrogen (secondary N) is 1. The Labute approximate surface area is 80.3 Å². The average Bonchev–Trinajstić information content (AvgIpc) is 2.17. The molecular weight excluding hydrogens is 164 g/mol. The van der Waals surface area contributed by atoms with Crippen molar-refractivity contribution in [2.24, 2.45) is 10.9 Å². The van der Waals surface area contributed by atoms with Crippen LogP contribution in [0.5, 0.6) is 0 Å². The first-order valence-corrected chi connectivity index (χ1v) is 4.63. The van der Waals surface area contributed by atoms with Gasteiger partial charge in [-0.1, -0.05) is 6.92 Å². The SMILES string of the molecule is CC[C@@H](C)N(C)CC/C(C=N)=N/N. The predicted molar refractivity (Wildman–Crippen MR) is 57.4 cm³/mol. The van der Waals surface area contributed by atoms with Crippen molar-refractivity contribution in [2.45, 2.75) is 32.7 Å². The standard InChI is InChI=1S/C9H20N4/c1-4-8(2)13(3)6-5-9(7-10)12-11/h7-8,10H,4-6,11H2,1-3H3/b10-7?,12-9-/t8-/m1/s1. The van der Waals surface area contributed by atoms with Gasteiger partial charge in [0.15, 0.2) is 0 Å². The summed E-state index contributed by atoms with van der Waals surface area (Å²) >= 11 is 0. The molecule has 0 bridgehead atoms. The van der Waals surface area contributed by atoms with Crippen LogP contribution in [0.15, 0.2) is 5.10 Å². The molecule has 0 aromatic carbocycles. The Bertz CT molecular complexity index is 176. The van der Waals surface area contributed by atoms with Crippen LogP contribution in [0.3, 0.4) is 0 Å². The molecule has 0 spiro atoms. The van der Waals surface area contributed by atoms with Crippen molar-refractivity contribution in [3.63, 3.8) is 0 Å². The lowest BCUT2D eigenvalue weighted by Gasteiger charge is -2.22. The molecule has 0 saturated heterocycles. The summed E-state index contributed by atoms with van der Waals surface area (Å²) in [5.74, 6) is 5.10. The summed E-state index contributed by atoms with van der Waals surface area (Å²) in [5.41, 5.74) is 0.648. The van der Waals surface area contributed by atoms with E-state index in [0.717, 1.165) is 19.4 Å². The Morgan fingerprint density at radius 1 is 1.69 bits per heavy atom. The van der Waals surface area contributed by atoms with E-state index in [4.69, 9.17) is 11.3 Å². The number of rotatable bonds is 6. The fraction of sp³-hybridized carbons (Fsp3) is 0.778. The van der Waals surface area contributed by atoms with Crippen molar-refractivity contribution in [3.8, 4) is 0 Å². The smallest absolute Gasteiger partial charge is 0.0788 e. The van der Waals surface area contributed by atoms with Gasteiger partial charge in [-0.25, -0.2) is 0 Å². The molecule has 4 heteroatoms. The van der Waals surface area contributed by atoms with Crippen molar-refractivity contribution in [1.29, 1.82) is 5.41 Å². The van der Waals surface area contributed by atoms with Crippen LogP contribution in [0.4, 0.5) is 0 Å². The van der Waals surface area contributed by atoms with Crippen LogP contribution in [0, 0.1) is 5.41 Å². The van der Waals surface area contributed by atoms with E-state index in [-0.39, 0.29) is 0 Å². The molecule has 76 valence electrons. The maximum atomic E-state index is 7.00. The molecule has 0 amide bonds. The van der Waals surface area contributed by atoms with E-state index in [1.807, 2.05) is 0 Å². The average molecular weight is 184 g/mol. The van der Waals surface area contributed by atoms with E-state index in [0.29, 0.717) is 11.8 Å². The van der Waals surface area contributed by atoms with Crippen molar-refractivity contribution >= 4 is 11.9 Å². The summed E-state index contributed by atoms with van der Waals surface area (Å²) in [7, 11) is 2.08. The van der Waals surface area contributed by atoms with Crippen LogP contribution < -0.4 is 5.84 Å². The van der Waals surface area contributed by atoms with E-state index in [1.54, 1.807) is 0 Å². The minimum atomic E-state index is 0.574. The van der Waals surface area contributed by atoms with Gasteiger partial charge in [-0.3, -0.25) is 0 Å². The number of hydrazone groups is 1. The summed E-state index contributed by atoms with van der Waals surface area (Å²) < 4.78 is 0. The molecule has 0 saturated carbocycles. The van der Waals surface area contributed by atoms with Crippen LogP contribution >= 0.6 is 0 Å². The Kier molecular flexibility index (Phi) is 6.14. The quantitative estimate of drug-likeness (QED) is 0.368. The maximum Gasteiger partial charge on any atom is 0.0788 e. The largest absolute Gasteiger partial charge is 0.323 e. The molecule has 4 nitrogen and oxygen atoms in total. The van der Waals surface area contributed by atoms with Crippen LogP contribution in [0.25, 0.3) is 0 Å². The van der Waals surface area contributed by atoms with Gasteiger partial charge in [0.25, 0.3) is 0 Å². The Morgan fingerprint density at radius 3 is 2.69 bits per heavy atom. The summed E-state index contributed by atoms with van der Waals surface area (Å²) in [4.78, 5) is 2.24. The van der Waals surface area contributed by atoms with Crippen molar-refractivity contribution in [2.75, 3.05) is 13.6 Å².